The van der Waals surface area contributed by atoms with Crippen molar-refractivity contribution in [3.63, 3.8) is 0 Å². The van der Waals surface area contributed by atoms with Crippen molar-refractivity contribution in [2.75, 3.05) is 5.32 Å². The summed E-state index contributed by atoms with van der Waals surface area (Å²) in [5.74, 6) is -0.112. The molecule has 0 spiro atoms. The van der Waals surface area contributed by atoms with E-state index in [1.165, 1.54) is 24.0 Å². The van der Waals surface area contributed by atoms with Gasteiger partial charge in [-0.2, -0.15) is 0 Å². The minimum Gasteiger partial charge on any atom is -0.324 e. The fraction of sp³-hybridized carbons (Fsp3) is 0.462. The molecular weight excluding hydrogens is 236 g/mol. The predicted molar refractivity (Wildman–Crippen MR) is 72.6 cm³/mol. The zero-order valence-corrected chi connectivity index (χ0v) is 10.8. The molecule has 3 nitrogen and oxygen atoms in total. The molecule has 94 valence electrons. The van der Waals surface area contributed by atoms with Crippen molar-refractivity contribution in [2.24, 2.45) is 5.73 Å². The summed E-state index contributed by atoms with van der Waals surface area (Å²) in [5.41, 5.74) is 9.16. The molecule has 0 saturated heterocycles. The van der Waals surface area contributed by atoms with Crippen molar-refractivity contribution in [3.8, 4) is 0 Å². The maximum Gasteiger partial charge on any atom is 0.241 e. The Morgan fingerprint density at radius 1 is 1.35 bits per heavy atom. The second-order valence-electron chi connectivity index (χ2n) is 4.43. The van der Waals surface area contributed by atoms with Crippen molar-refractivity contribution in [3.05, 3.63) is 29.3 Å². The Morgan fingerprint density at radius 2 is 2.06 bits per heavy atom. The highest BCUT2D eigenvalue weighted by Crippen LogP contribution is 2.27. The molecule has 2 rings (SSSR count). The van der Waals surface area contributed by atoms with E-state index >= 15 is 0 Å². The van der Waals surface area contributed by atoms with Gasteiger partial charge in [0.1, 0.15) is 0 Å². The van der Waals surface area contributed by atoms with Gasteiger partial charge in [-0.1, -0.05) is 12.1 Å². The van der Waals surface area contributed by atoms with E-state index in [2.05, 4.69) is 11.4 Å². The Kier molecular flexibility index (Phi) is 4.97. The van der Waals surface area contributed by atoms with Gasteiger partial charge in [0.2, 0.25) is 5.91 Å². The molecule has 17 heavy (non-hydrogen) atoms. The monoisotopic (exact) mass is 254 g/mol. The normalized spacial score (nSPS) is 15.4. The molecule has 0 saturated carbocycles. The summed E-state index contributed by atoms with van der Waals surface area (Å²) in [5, 5.41) is 2.91. The van der Waals surface area contributed by atoms with Crippen molar-refractivity contribution in [2.45, 2.75) is 38.6 Å². The molecule has 1 aliphatic carbocycles. The molecule has 1 amide bonds. The van der Waals surface area contributed by atoms with Crippen LogP contribution in [0.1, 0.15) is 30.9 Å². The van der Waals surface area contributed by atoms with E-state index in [0.717, 1.165) is 18.5 Å². The predicted octanol–water partition coefficient (Wildman–Crippen LogP) is 2.27. The molecule has 0 heterocycles. The van der Waals surface area contributed by atoms with Crippen molar-refractivity contribution < 1.29 is 4.79 Å². The van der Waals surface area contributed by atoms with Crippen LogP contribution in [0.25, 0.3) is 0 Å². The van der Waals surface area contributed by atoms with Gasteiger partial charge >= 0.3 is 0 Å². The third kappa shape index (κ3) is 3.20. The summed E-state index contributed by atoms with van der Waals surface area (Å²) in [7, 11) is 0. The number of hydrogen-bond donors (Lipinski definition) is 2. The second-order valence-corrected chi connectivity index (χ2v) is 4.43. The number of nitrogens with one attached hydrogen (secondary N) is 1. The third-order valence-electron chi connectivity index (χ3n) is 3.07. The van der Waals surface area contributed by atoms with Crippen LogP contribution in [0.3, 0.4) is 0 Å². The van der Waals surface area contributed by atoms with Crippen LogP contribution < -0.4 is 11.1 Å². The lowest BCUT2D eigenvalue weighted by atomic mass is 9.90. The summed E-state index contributed by atoms with van der Waals surface area (Å²) < 4.78 is 0. The molecule has 1 atom stereocenters. The Hall–Kier alpha value is -1.06. The van der Waals surface area contributed by atoms with Gasteiger partial charge in [0.25, 0.3) is 0 Å². The van der Waals surface area contributed by atoms with E-state index in [9.17, 15) is 4.79 Å². The first-order chi connectivity index (χ1) is 7.68. The first-order valence-electron chi connectivity index (χ1n) is 5.85. The topological polar surface area (TPSA) is 55.1 Å². The quantitative estimate of drug-likeness (QED) is 0.851. The van der Waals surface area contributed by atoms with Gasteiger partial charge in [0.05, 0.1) is 6.04 Å². The van der Waals surface area contributed by atoms with Gasteiger partial charge in [0.15, 0.2) is 0 Å². The van der Waals surface area contributed by atoms with Gasteiger partial charge < -0.3 is 11.1 Å². The van der Waals surface area contributed by atoms with Crippen LogP contribution in [0.4, 0.5) is 5.69 Å². The number of halogens is 1. The molecule has 0 fully saturated rings. The number of carbonyl (C=O) groups excluding carboxylic acids is 1. The Morgan fingerprint density at radius 3 is 2.76 bits per heavy atom. The largest absolute Gasteiger partial charge is 0.324 e. The number of carbonyl (C=O) groups is 1. The lowest BCUT2D eigenvalue weighted by Gasteiger charge is -2.20. The lowest BCUT2D eigenvalue weighted by molar-refractivity contribution is -0.117. The highest BCUT2D eigenvalue weighted by Gasteiger charge is 2.15. The van der Waals surface area contributed by atoms with Crippen LogP contribution >= 0.6 is 12.4 Å². The number of rotatable bonds is 2. The molecule has 1 aliphatic rings. The number of amides is 1. The number of benzene rings is 1. The molecule has 3 N–H and O–H groups in total. The van der Waals surface area contributed by atoms with E-state index in [-0.39, 0.29) is 18.3 Å². The minimum atomic E-state index is -0.459. The van der Waals surface area contributed by atoms with Gasteiger partial charge in [0, 0.05) is 5.69 Å². The van der Waals surface area contributed by atoms with Gasteiger partial charge in [-0.05, 0) is 49.8 Å². The Bertz CT molecular complexity index is 404. The molecule has 0 aromatic heterocycles. The SMILES string of the molecule is CC(N)C(=O)Nc1cccc2c1CCCC2.Cl. The average Bonchev–Trinajstić information content (AvgIpc) is 2.29. The second kappa shape index (κ2) is 6.03. The number of hydrogen-bond acceptors (Lipinski definition) is 2. The summed E-state index contributed by atoms with van der Waals surface area (Å²) in [6.45, 7) is 1.70. The molecular formula is C13H19ClN2O. The van der Waals surface area contributed by atoms with Crippen molar-refractivity contribution in [1.29, 1.82) is 0 Å². The zero-order valence-electron chi connectivity index (χ0n) is 10.0. The van der Waals surface area contributed by atoms with Gasteiger partial charge in [-0.15, -0.1) is 12.4 Å². The number of aryl methyl sites for hydroxylation is 1. The molecule has 1 unspecified atom stereocenters. The number of nitrogens with two attached hydrogens (primary N) is 1. The molecule has 4 heteroatoms. The van der Waals surface area contributed by atoms with Crippen LogP contribution in [0.15, 0.2) is 18.2 Å². The number of anilines is 1. The first-order valence-corrected chi connectivity index (χ1v) is 5.85. The minimum absolute atomic E-state index is 0. The van der Waals surface area contributed by atoms with Crippen molar-refractivity contribution in [1.82, 2.24) is 0 Å². The summed E-state index contributed by atoms with van der Waals surface area (Å²) in [6.07, 6.45) is 4.64. The van der Waals surface area contributed by atoms with E-state index in [1.807, 2.05) is 12.1 Å². The Balaban J connectivity index is 0.00000144. The molecule has 1 aromatic carbocycles. The van der Waals surface area contributed by atoms with E-state index in [4.69, 9.17) is 5.73 Å². The maximum atomic E-state index is 11.6. The number of fused-ring (bicyclic) bond motifs is 1. The molecule has 0 radical (unpaired) electrons. The molecule has 1 aromatic rings. The van der Waals surface area contributed by atoms with Crippen LogP contribution in [0.2, 0.25) is 0 Å². The Labute approximate surface area is 108 Å². The molecule has 0 aliphatic heterocycles. The van der Waals surface area contributed by atoms with Crippen LogP contribution in [0, 0.1) is 0 Å². The van der Waals surface area contributed by atoms with Crippen LogP contribution in [-0.4, -0.2) is 11.9 Å². The zero-order chi connectivity index (χ0) is 11.5. The standard InChI is InChI=1S/C13H18N2O.ClH/c1-9(14)13(16)15-12-8-4-6-10-5-2-3-7-11(10)12;/h4,6,8-9H,2-3,5,7,14H2,1H3,(H,15,16);1H. The third-order valence-corrected chi connectivity index (χ3v) is 3.07. The van der Waals surface area contributed by atoms with Crippen molar-refractivity contribution >= 4 is 24.0 Å². The highest BCUT2D eigenvalue weighted by molar-refractivity contribution is 5.95. The fourth-order valence-electron chi connectivity index (χ4n) is 2.15. The lowest BCUT2D eigenvalue weighted by Crippen LogP contribution is -2.33. The fourth-order valence-corrected chi connectivity index (χ4v) is 2.15. The van der Waals surface area contributed by atoms with E-state index in [1.54, 1.807) is 6.92 Å². The van der Waals surface area contributed by atoms with E-state index in [0.29, 0.717) is 0 Å². The summed E-state index contributed by atoms with van der Waals surface area (Å²) in [4.78, 5) is 11.6. The van der Waals surface area contributed by atoms with Gasteiger partial charge in [-0.25, -0.2) is 0 Å². The first kappa shape index (κ1) is 14.0. The maximum absolute atomic E-state index is 11.6. The van der Waals surface area contributed by atoms with Crippen LogP contribution in [-0.2, 0) is 17.6 Å². The molecule has 0 bridgehead atoms. The smallest absolute Gasteiger partial charge is 0.241 e. The highest BCUT2D eigenvalue weighted by atomic mass is 35.5. The van der Waals surface area contributed by atoms with Crippen LogP contribution in [0.5, 0.6) is 0 Å². The average molecular weight is 255 g/mol. The van der Waals surface area contributed by atoms with Gasteiger partial charge in [-0.3, -0.25) is 4.79 Å². The summed E-state index contributed by atoms with van der Waals surface area (Å²) >= 11 is 0. The summed E-state index contributed by atoms with van der Waals surface area (Å²) in [6, 6.07) is 5.65. The van der Waals surface area contributed by atoms with E-state index < -0.39 is 6.04 Å².